The molecule has 1 atom stereocenters. The van der Waals surface area contributed by atoms with Crippen LogP contribution in [0, 0.1) is 0 Å². The lowest BCUT2D eigenvalue weighted by atomic mass is 10.1. The topological polar surface area (TPSA) is 29.5 Å². The molecule has 1 aliphatic heterocycles. The highest BCUT2D eigenvalue weighted by Crippen LogP contribution is 2.27. The molecule has 0 radical (unpaired) electrons. The van der Waals surface area contributed by atoms with Crippen molar-refractivity contribution in [3.05, 3.63) is 28.2 Å². The SMILES string of the molecule is COc1cc(Br)ccc1C(=O)N1CCCCCC1CBr. The number of hydrogen-bond donors (Lipinski definition) is 0. The van der Waals surface area contributed by atoms with Crippen LogP contribution in [0.15, 0.2) is 22.7 Å². The number of benzene rings is 1. The highest BCUT2D eigenvalue weighted by atomic mass is 79.9. The zero-order valence-corrected chi connectivity index (χ0v) is 14.7. The van der Waals surface area contributed by atoms with Gasteiger partial charge < -0.3 is 9.64 Å². The maximum atomic E-state index is 12.8. The fourth-order valence-corrected chi connectivity index (χ4v) is 3.61. The van der Waals surface area contributed by atoms with E-state index in [2.05, 4.69) is 31.9 Å². The first kappa shape index (κ1) is 15.8. The van der Waals surface area contributed by atoms with Crippen molar-refractivity contribution in [2.75, 3.05) is 19.0 Å². The third kappa shape index (κ3) is 3.55. The van der Waals surface area contributed by atoms with Gasteiger partial charge in [0, 0.05) is 22.4 Å². The average Bonchev–Trinajstić information content (AvgIpc) is 2.71. The lowest BCUT2D eigenvalue weighted by Gasteiger charge is -2.29. The minimum atomic E-state index is 0.0701. The number of carbonyl (C=O) groups is 1. The molecule has 0 saturated carbocycles. The summed E-state index contributed by atoms with van der Waals surface area (Å²) >= 11 is 6.95. The standard InChI is InChI=1S/C15H19Br2NO2/c1-20-14-9-11(17)6-7-13(14)15(19)18-8-4-2-3-5-12(18)10-16/h6-7,9,12H,2-5,8,10H2,1H3. The van der Waals surface area contributed by atoms with E-state index in [0.29, 0.717) is 11.3 Å². The number of ether oxygens (including phenoxy) is 1. The second kappa shape index (κ2) is 7.46. The Bertz CT molecular complexity index is 479. The van der Waals surface area contributed by atoms with E-state index < -0.39 is 0 Å². The lowest BCUT2D eigenvalue weighted by molar-refractivity contribution is 0.0699. The Morgan fingerprint density at radius 3 is 2.90 bits per heavy atom. The van der Waals surface area contributed by atoms with E-state index in [-0.39, 0.29) is 11.9 Å². The van der Waals surface area contributed by atoms with Crippen LogP contribution in [0.4, 0.5) is 0 Å². The summed E-state index contributed by atoms with van der Waals surface area (Å²) in [7, 11) is 1.60. The Morgan fingerprint density at radius 2 is 2.20 bits per heavy atom. The van der Waals surface area contributed by atoms with Crippen LogP contribution in [0.5, 0.6) is 5.75 Å². The smallest absolute Gasteiger partial charge is 0.257 e. The summed E-state index contributed by atoms with van der Waals surface area (Å²) in [5.74, 6) is 0.697. The van der Waals surface area contributed by atoms with Gasteiger partial charge in [-0.05, 0) is 31.0 Å². The van der Waals surface area contributed by atoms with Crippen molar-refractivity contribution in [3.8, 4) is 5.75 Å². The van der Waals surface area contributed by atoms with Crippen LogP contribution in [0.25, 0.3) is 0 Å². The largest absolute Gasteiger partial charge is 0.496 e. The van der Waals surface area contributed by atoms with E-state index in [9.17, 15) is 4.79 Å². The number of halogens is 2. The zero-order valence-electron chi connectivity index (χ0n) is 11.6. The Morgan fingerprint density at radius 1 is 1.40 bits per heavy atom. The molecule has 5 heteroatoms. The molecule has 20 heavy (non-hydrogen) atoms. The van der Waals surface area contributed by atoms with Crippen molar-refractivity contribution in [3.63, 3.8) is 0 Å². The summed E-state index contributed by atoms with van der Waals surface area (Å²) in [4.78, 5) is 14.8. The molecule has 1 unspecified atom stereocenters. The molecule has 1 aliphatic rings. The number of carbonyl (C=O) groups excluding carboxylic acids is 1. The normalized spacial score (nSPS) is 19.6. The van der Waals surface area contributed by atoms with Crippen LogP contribution in [0.1, 0.15) is 36.0 Å². The number of alkyl halides is 1. The summed E-state index contributed by atoms with van der Waals surface area (Å²) in [6, 6.07) is 5.84. The monoisotopic (exact) mass is 403 g/mol. The Hall–Kier alpha value is -0.550. The molecule has 0 bridgehead atoms. The highest BCUT2D eigenvalue weighted by molar-refractivity contribution is 9.10. The van der Waals surface area contributed by atoms with Gasteiger partial charge in [0.05, 0.1) is 12.7 Å². The molecule has 2 rings (SSSR count). The van der Waals surface area contributed by atoms with Gasteiger partial charge in [-0.1, -0.05) is 44.7 Å². The number of amides is 1. The number of likely N-dealkylation sites (tertiary alicyclic amines) is 1. The van der Waals surface area contributed by atoms with E-state index in [1.54, 1.807) is 7.11 Å². The molecule has 3 nitrogen and oxygen atoms in total. The third-order valence-corrected chi connectivity index (χ3v) is 4.95. The molecule has 1 saturated heterocycles. The fraction of sp³-hybridized carbons (Fsp3) is 0.533. The highest BCUT2D eigenvalue weighted by Gasteiger charge is 2.27. The van der Waals surface area contributed by atoms with Crippen molar-refractivity contribution in [1.29, 1.82) is 0 Å². The molecule has 0 aliphatic carbocycles. The van der Waals surface area contributed by atoms with Gasteiger partial charge in [-0.3, -0.25) is 4.79 Å². The van der Waals surface area contributed by atoms with Crippen LogP contribution in [0.3, 0.4) is 0 Å². The van der Waals surface area contributed by atoms with Crippen molar-refractivity contribution in [2.24, 2.45) is 0 Å². The Balaban J connectivity index is 2.28. The molecule has 1 aromatic rings. The molecule has 1 fully saturated rings. The van der Waals surface area contributed by atoms with Crippen molar-refractivity contribution >= 4 is 37.8 Å². The van der Waals surface area contributed by atoms with Gasteiger partial charge in [0.25, 0.3) is 5.91 Å². The summed E-state index contributed by atoms with van der Waals surface area (Å²) in [6.45, 7) is 0.828. The van der Waals surface area contributed by atoms with E-state index in [1.807, 2.05) is 23.1 Å². The van der Waals surface area contributed by atoms with Gasteiger partial charge in [0.15, 0.2) is 0 Å². The minimum absolute atomic E-state index is 0.0701. The predicted molar refractivity (Wildman–Crippen MR) is 87.8 cm³/mol. The van der Waals surface area contributed by atoms with Crippen LogP contribution in [-0.4, -0.2) is 35.8 Å². The van der Waals surface area contributed by atoms with Gasteiger partial charge in [0.1, 0.15) is 5.75 Å². The molecule has 0 spiro atoms. The van der Waals surface area contributed by atoms with Crippen LogP contribution >= 0.6 is 31.9 Å². The first-order valence-electron chi connectivity index (χ1n) is 6.88. The summed E-state index contributed by atoms with van der Waals surface area (Å²) < 4.78 is 6.26. The average molecular weight is 405 g/mol. The number of hydrogen-bond acceptors (Lipinski definition) is 2. The summed E-state index contributed by atoms with van der Waals surface area (Å²) in [6.07, 6.45) is 4.53. The molecule has 0 N–H and O–H groups in total. The molecular weight excluding hydrogens is 386 g/mol. The molecule has 1 aromatic carbocycles. The quantitative estimate of drug-likeness (QED) is 0.705. The fourth-order valence-electron chi connectivity index (χ4n) is 2.60. The first-order chi connectivity index (χ1) is 9.67. The summed E-state index contributed by atoms with van der Waals surface area (Å²) in [5.41, 5.74) is 0.642. The van der Waals surface area contributed by atoms with Gasteiger partial charge in [-0.25, -0.2) is 0 Å². The van der Waals surface area contributed by atoms with Gasteiger partial charge in [-0.15, -0.1) is 0 Å². The van der Waals surface area contributed by atoms with Crippen molar-refractivity contribution < 1.29 is 9.53 Å². The van der Waals surface area contributed by atoms with E-state index in [4.69, 9.17) is 4.74 Å². The van der Waals surface area contributed by atoms with Crippen LogP contribution in [0.2, 0.25) is 0 Å². The molecule has 1 amide bonds. The number of nitrogens with zero attached hydrogens (tertiary/aromatic N) is 1. The van der Waals surface area contributed by atoms with E-state index >= 15 is 0 Å². The maximum Gasteiger partial charge on any atom is 0.257 e. The van der Waals surface area contributed by atoms with Crippen molar-refractivity contribution in [2.45, 2.75) is 31.7 Å². The minimum Gasteiger partial charge on any atom is -0.496 e. The van der Waals surface area contributed by atoms with Crippen LogP contribution in [-0.2, 0) is 0 Å². The maximum absolute atomic E-state index is 12.8. The Kier molecular flexibility index (Phi) is 5.90. The predicted octanol–water partition coefficient (Wildman–Crippen LogP) is 4.24. The Labute approximate surface area is 136 Å². The number of methoxy groups -OCH3 is 1. The number of rotatable bonds is 3. The molecule has 1 heterocycles. The van der Waals surface area contributed by atoms with Crippen molar-refractivity contribution in [1.82, 2.24) is 4.90 Å². The second-order valence-corrected chi connectivity index (χ2v) is 6.56. The van der Waals surface area contributed by atoms with E-state index in [0.717, 1.165) is 29.2 Å². The molecule has 110 valence electrons. The van der Waals surface area contributed by atoms with Gasteiger partial charge in [0.2, 0.25) is 0 Å². The molecular formula is C15H19Br2NO2. The van der Waals surface area contributed by atoms with E-state index in [1.165, 1.54) is 12.8 Å². The van der Waals surface area contributed by atoms with Gasteiger partial charge >= 0.3 is 0 Å². The third-order valence-electron chi connectivity index (χ3n) is 3.71. The first-order valence-corrected chi connectivity index (χ1v) is 8.79. The summed E-state index contributed by atoms with van der Waals surface area (Å²) in [5, 5.41) is 0.831. The van der Waals surface area contributed by atoms with Gasteiger partial charge in [-0.2, -0.15) is 0 Å². The van der Waals surface area contributed by atoms with Crippen LogP contribution < -0.4 is 4.74 Å². The zero-order chi connectivity index (χ0) is 14.5. The molecule has 0 aromatic heterocycles. The lowest BCUT2D eigenvalue weighted by Crippen LogP contribution is -2.41. The second-order valence-electron chi connectivity index (χ2n) is 5.00.